The van der Waals surface area contributed by atoms with Crippen LogP contribution in [0.2, 0.25) is 0 Å². The van der Waals surface area contributed by atoms with Crippen LogP contribution in [0.3, 0.4) is 0 Å². The summed E-state index contributed by atoms with van der Waals surface area (Å²) in [6.07, 6.45) is 0. The van der Waals surface area contributed by atoms with Crippen LogP contribution in [0.25, 0.3) is 199 Å². The van der Waals surface area contributed by atoms with E-state index < -0.39 is 0 Å². The van der Waals surface area contributed by atoms with Gasteiger partial charge in [0.2, 0.25) is 11.9 Å². The molecule has 100 heavy (non-hydrogen) atoms. The summed E-state index contributed by atoms with van der Waals surface area (Å²) in [5.41, 5.74) is 23.4. The molecule has 0 saturated carbocycles. The fraction of sp³-hybridized carbons (Fsp3) is 0. The zero-order chi connectivity index (χ0) is 65.5. The Morgan fingerprint density at radius 1 is 0.180 bits per heavy atom. The van der Waals surface area contributed by atoms with Crippen molar-refractivity contribution in [3.05, 3.63) is 340 Å². The first-order chi connectivity index (χ1) is 49.6. The molecule has 8 nitrogen and oxygen atoms in total. The Morgan fingerprint density at radius 2 is 0.510 bits per heavy atom. The van der Waals surface area contributed by atoms with Crippen LogP contribution in [0.5, 0.6) is 0 Å². The maximum absolute atomic E-state index is 5.57. The molecule has 0 spiro atoms. The third-order valence-corrected chi connectivity index (χ3v) is 20.6. The van der Waals surface area contributed by atoms with Crippen molar-refractivity contribution >= 4 is 120 Å². The lowest BCUT2D eigenvalue weighted by Gasteiger charge is -2.13. The largest absolute Gasteiger partial charge is 0.309 e. The number of aromatic nitrogens is 8. The highest BCUT2D eigenvalue weighted by atomic mass is 15.2. The summed E-state index contributed by atoms with van der Waals surface area (Å²) in [5, 5.41) is 13.7. The molecule has 0 bridgehead atoms. The SMILES string of the molecule is c1ccc(-c2nc(-n3c4ccc(-c5ccc(-c6nc(-n7c8ccccc8c8cc(-c9ccc%10c(c9)c9ccccc9n%10-c9ccccc9)ccc87)nc7ccccc67)cc5)cc4c4cc(-c5cc6c7ccccc7n(-c7ccccc7)c6c6ccccc56)ccc43)nc3ccccc23)cc1. The fourth-order valence-electron chi connectivity index (χ4n) is 16.1. The summed E-state index contributed by atoms with van der Waals surface area (Å²) in [4.78, 5) is 21.8. The Hall–Kier alpha value is -13.6. The highest BCUT2D eigenvalue weighted by molar-refractivity contribution is 6.23. The molecule has 0 saturated heterocycles. The lowest BCUT2D eigenvalue weighted by Crippen LogP contribution is -2.03. The molecule has 0 unspecified atom stereocenters. The molecule has 6 heterocycles. The zero-order valence-corrected chi connectivity index (χ0v) is 53.9. The quantitative estimate of drug-likeness (QED) is 0.144. The Bertz CT molecular complexity index is 6940. The van der Waals surface area contributed by atoms with Gasteiger partial charge < -0.3 is 9.13 Å². The van der Waals surface area contributed by atoms with E-state index in [1.165, 1.54) is 59.9 Å². The molecule has 0 aliphatic rings. The van der Waals surface area contributed by atoms with Gasteiger partial charge in [-0.2, -0.15) is 0 Å². The van der Waals surface area contributed by atoms with Crippen LogP contribution in [0, 0.1) is 0 Å². The van der Waals surface area contributed by atoms with Crippen molar-refractivity contribution in [1.82, 2.24) is 38.2 Å². The molecule has 0 radical (unpaired) electrons. The molecule has 0 aliphatic heterocycles. The molecule has 0 atom stereocenters. The van der Waals surface area contributed by atoms with Crippen LogP contribution in [0.4, 0.5) is 0 Å². The monoisotopic (exact) mass is 1270 g/mol. The summed E-state index contributed by atoms with van der Waals surface area (Å²) in [7, 11) is 0. The van der Waals surface area contributed by atoms with Gasteiger partial charge in [-0.15, -0.1) is 0 Å². The Balaban J connectivity index is 0.702. The molecule has 0 aliphatic carbocycles. The number of nitrogens with zero attached hydrogens (tertiary/aromatic N) is 8. The van der Waals surface area contributed by atoms with E-state index in [1.54, 1.807) is 0 Å². The topological polar surface area (TPSA) is 71.3 Å². The van der Waals surface area contributed by atoms with Gasteiger partial charge in [0.1, 0.15) is 0 Å². The molecule has 464 valence electrons. The molecule has 21 aromatic rings. The van der Waals surface area contributed by atoms with E-state index in [2.05, 4.69) is 358 Å². The van der Waals surface area contributed by atoms with Gasteiger partial charge in [-0.3, -0.25) is 9.13 Å². The average molecular weight is 1270 g/mol. The lowest BCUT2D eigenvalue weighted by atomic mass is 9.94. The van der Waals surface area contributed by atoms with Gasteiger partial charge in [-0.05, 0) is 148 Å². The highest BCUT2D eigenvalue weighted by Gasteiger charge is 2.24. The molecule has 0 amide bonds. The van der Waals surface area contributed by atoms with Crippen LogP contribution in [-0.2, 0) is 0 Å². The number of benzene rings is 15. The van der Waals surface area contributed by atoms with Crippen molar-refractivity contribution < 1.29 is 0 Å². The molecular weight excluding hydrogens is 1220 g/mol. The van der Waals surface area contributed by atoms with Crippen molar-refractivity contribution in [2.75, 3.05) is 0 Å². The van der Waals surface area contributed by atoms with E-state index in [1.807, 2.05) is 0 Å². The van der Waals surface area contributed by atoms with Crippen LogP contribution in [0.15, 0.2) is 340 Å². The molecule has 0 N–H and O–H groups in total. The minimum absolute atomic E-state index is 0.614. The molecule has 15 aromatic carbocycles. The van der Waals surface area contributed by atoms with Gasteiger partial charge in [0.25, 0.3) is 0 Å². The highest BCUT2D eigenvalue weighted by Crippen LogP contribution is 2.46. The Morgan fingerprint density at radius 3 is 1.04 bits per heavy atom. The van der Waals surface area contributed by atoms with Crippen LogP contribution < -0.4 is 0 Å². The van der Waals surface area contributed by atoms with E-state index in [0.29, 0.717) is 11.9 Å². The smallest absolute Gasteiger partial charge is 0.235 e. The normalized spacial score (nSPS) is 12.0. The molecule has 21 rings (SSSR count). The van der Waals surface area contributed by atoms with E-state index in [9.17, 15) is 0 Å². The van der Waals surface area contributed by atoms with Gasteiger partial charge >= 0.3 is 0 Å². The predicted molar refractivity (Wildman–Crippen MR) is 415 cm³/mol. The minimum Gasteiger partial charge on any atom is -0.309 e. The van der Waals surface area contributed by atoms with Crippen LogP contribution in [0.1, 0.15) is 0 Å². The summed E-state index contributed by atoms with van der Waals surface area (Å²) in [5.74, 6) is 1.23. The number of fused-ring (bicyclic) bond motifs is 16. The maximum atomic E-state index is 5.57. The Labute approximate surface area is 573 Å². The van der Waals surface area contributed by atoms with Crippen molar-refractivity contribution in [3.8, 4) is 79.2 Å². The van der Waals surface area contributed by atoms with E-state index in [-0.39, 0.29) is 0 Å². The van der Waals surface area contributed by atoms with Gasteiger partial charge in [-0.25, -0.2) is 19.9 Å². The average Bonchev–Trinajstić information content (AvgIpc) is 1.56. The summed E-state index contributed by atoms with van der Waals surface area (Å²) >= 11 is 0. The van der Waals surface area contributed by atoms with Gasteiger partial charge in [0.05, 0.1) is 66.6 Å². The van der Waals surface area contributed by atoms with Crippen LogP contribution in [-0.4, -0.2) is 38.2 Å². The first-order valence-electron chi connectivity index (χ1n) is 34.0. The first kappa shape index (κ1) is 55.7. The minimum atomic E-state index is 0.614. The van der Waals surface area contributed by atoms with Crippen molar-refractivity contribution in [3.63, 3.8) is 0 Å². The van der Waals surface area contributed by atoms with Gasteiger partial charge in [-0.1, -0.05) is 231 Å². The second-order valence-corrected chi connectivity index (χ2v) is 26.1. The Kier molecular flexibility index (Phi) is 12.2. The number of hydrogen-bond donors (Lipinski definition) is 0. The van der Waals surface area contributed by atoms with E-state index in [0.717, 1.165) is 127 Å². The van der Waals surface area contributed by atoms with Crippen molar-refractivity contribution in [2.24, 2.45) is 0 Å². The second kappa shape index (κ2) is 22.0. The third kappa shape index (κ3) is 8.54. The van der Waals surface area contributed by atoms with Gasteiger partial charge in [0.15, 0.2) is 0 Å². The van der Waals surface area contributed by atoms with E-state index >= 15 is 0 Å². The molecular formula is C92H56N8. The molecule has 8 heteroatoms. The zero-order valence-electron chi connectivity index (χ0n) is 53.9. The third-order valence-electron chi connectivity index (χ3n) is 20.6. The maximum Gasteiger partial charge on any atom is 0.235 e. The molecule has 6 aromatic heterocycles. The predicted octanol–water partition coefficient (Wildman–Crippen LogP) is 23.4. The first-order valence-corrected chi connectivity index (χ1v) is 34.0. The van der Waals surface area contributed by atoms with Crippen molar-refractivity contribution in [2.45, 2.75) is 0 Å². The summed E-state index contributed by atoms with van der Waals surface area (Å²) in [6.45, 7) is 0. The number of hydrogen-bond acceptors (Lipinski definition) is 4. The molecule has 0 fully saturated rings. The van der Waals surface area contributed by atoms with Crippen molar-refractivity contribution in [1.29, 1.82) is 0 Å². The lowest BCUT2D eigenvalue weighted by molar-refractivity contribution is 1.01. The fourth-order valence-corrected chi connectivity index (χ4v) is 16.1. The summed E-state index contributed by atoms with van der Waals surface area (Å²) < 4.78 is 9.30. The van der Waals surface area contributed by atoms with Gasteiger partial charge in [0, 0.05) is 81.8 Å². The summed E-state index contributed by atoms with van der Waals surface area (Å²) in [6, 6.07) is 122. The van der Waals surface area contributed by atoms with E-state index in [4.69, 9.17) is 19.9 Å². The van der Waals surface area contributed by atoms with Crippen LogP contribution >= 0.6 is 0 Å². The number of rotatable bonds is 9. The second-order valence-electron chi connectivity index (χ2n) is 26.1. The standard InChI is InChI=1S/C92H56N8/c1-4-22-58(23-5-1)88-71-33-12-17-35-79(71)94-92(95-88)100-86-49-44-60(52-76(86)77-55-63(47-51-87(77)100)73-56-78-69-31-16-20-38-82(69)98(65-26-8-3-9-27-65)90(78)70-32-11-10-28-66(70)73)57-40-42-59(43-41-57)89-72-34-13-18-36-80(72)93-91(96-89)99-83-39-21-15-30-68(83)75-54-62(46-50-85(75)99)61-45-48-84-74(53-61)67-29-14-19-37-81(67)97(84)64-24-6-2-7-25-64/h1-56H. The number of para-hydroxylation sites is 7.